The molecule has 0 saturated carbocycles. The Kier molecular flexibility index (Phi) is 35.4. The van der Waals surface area contributed by atoms with E-state index >= 15 is 0 Å². The number of rotatable bonds is 29. The van der Waals surface area contributed by atoms with Gasteiger partial charge in [0.15, 0.2) is 62.0 Å². The standard InChI is InChI=1S/C68H118O29/c1-10-12-14-15-16-17-20-23-27-31-45(73)90-58-53(81)55(95-68-61(97-64-51(79)49(77)47(75)43(33-69)88-64)60(93-63(83)36(4)38(6)72)56(41(9)86-68)92-62(82)35(3)37(5)71)40(8)84-65(58)94-54-39(7)85-66-59(52(54)80)91-46(74)32-28-24-21-18-19-22-26-30-42(29-25-13-11-2)87-67-57(96-66)50(78)48(76)44(34-70)89-67/h35-44,47-61,64-72,75-81H,10-34H2,1-9H3. The Labute approximate surface area is 570 Å². The van der Waals surface area contributed by atoms with Crippen LogP contribution in [0.5, 0.6) is 0 Å². The van der Waals surface area contributed by atoms with E-state index < -0.39 is 215 Å². The van der Waals surface area contributed by atoms with Gasteiger partial charge in [-0.1, -0.05) is 123 Å². The lowest BCUT2D eigenvalue weighted by Gasteiger charge is -2.50. The van der Waals surface area contributed by atoms with Gasteiger partial charge in [0.25, 0.3) is 0 Å². The van der Waals surface area contributed by atoms with Crippen LogP contribution in [0.15, 0.2) is 0 Å². The number of carbonyl (C=O) groups is 4. The average molecular weight is 1400 g/mol. The van der Waals surface area contributed by atoms with Crippen LogP contribution in [0.25, 0.3) is 0 Å². The fraction of sp³-hybridized carbons (Fsp3) is 0.941. The first-order valence-electron chi connectivity index (χ1n) is 36.0. The van der Waals surface area contributed by atoms with Gasteiger partial charge in [0.2, 0.25) is 0 Å². The topological polar surface area (TPSA) is 420 Å². The molecule has 6 heterocycles. The second-order valence-electron chi connectivity index (χ2n) is 27.5. The van der Waals surface area contributed by atoms with Gasteiger partial charge in [-0.3, -0.25) is 19.2 Å². The quantitative estimate of drug-likeness (QED) is 0.0291. The Bertz CT molecular complexity index is 2280. The number of aliphatic hydroxyl groups is 11. The van der Waals surface area contributed by atoms with Gasteiger partial charge >= 0.3 is 23.9 Å². The molecule has 30 unspecified atom stereocenters. The van der Waals surface area contributed by atoms with Gasteiger partial charge in [-0.2, -0.15) is 0 Å². The molecule has 6 fully saturated rings. The molecule has 97 heavy (non-hydrogen) atoms. The summed E-state index contributed by atoms with van der Waals surface area (Å²) in [6, 6.07) is 0. The number of hydrogen-bond acceptors (Lipinski definition) is 29. The molecule has 6 rings (SSSR count). The van der Waals surface area contributed by atoms with E-state index in [1.54, 1.807) is 0 Å². The maximum atomic E-state index is 14.2. The van der Waals surface area contributed by atoms with E-state index in [-0.39, 0.29) is 18.9 Å². The number of ether oxygens (including phenoxy) is 14. The van der Waals surface area contributed by atoms with Crippen LogP contribution in [0.2, 0.25) is 0 Å². The lowest BCUT2D eigenvalue weighted by Crippen LogP contribution is -2.68. The van der Waals surface area contributed by atoms with E-state index in [0.717, 1.165) is 96.3 Å². The maximum Gasteiger partial charge on any atom is 0.311 e. The van der Waals surface area contributed by atoms with Crippen molar-refractivity contribution < 1.29 is 142 Å². The predicted molar refractivity (Wildman–Crippen MR) is 340 cm³/mol. The molecule has 0 spiro atoms. The van der Waals surface area contributed by atoms with Gasteiger partial charge in [0.05, 0.1) is 61.7 Å². The van der Waals surface area contributed by atoms with Crippen molar-refractivity contribution in [1.29, 1.82) is 0 Å². The molecule has 0 aliphatic carbocycles. The summed E-state index contributed by atoms with van der Waals surface area (Å²) >= 11 is 0. The molecule has 29 heteroatoms. The minimum absolute atomic E-state index is 0.0713. The number of unbranched alkanes of at least 4 members (excludes halogenated alkanes) is 10. The molecule has 0 aromatic heterocycles. The first-order valence-corrected chi connectivity index (χ1v) is 36.0. The van der Waals surface area contributed by atoms with Gasteiger partial charge in [-0.25, -0.2) is 0 Å². The highest BCUT2D eigenvalue weighted by Crippen LogP contribution is 2.40. The molecule has 6 aliphatic heterocycles. The smallest absolute Gasteiger partial charge is 0.311 e. The zero-order chi connectivity index (χ0) is 71.2. The predicted octanol–water partition coefficient (Wildman–Crippen LogP) is 2.81. The van der Waals surface area contributed by atoms with Crippen LogP contribution >= 0.6 is 0 Å². The van der Waals surface area contributed by atoms with Crippen LogP contribution in [-0.4, -0.2) is 265 Å². The second kappa shape index (κ2) is 41.4. The van der Waals surface area contributed by atoms with Crippen LogP contribution in [0.3, 0.4) is 0 Å². The molecule has 0 amide bonds. The molecular weight excluding hydrogens is 1280 g/mol. The highest BCUT2D eigenvalue weighted by Gasteiger charge is 2.59. The highest BCUT2D eigenvalue weighted by atomic mass is 16.8. The fourth-order valence-corrected chi connectivity index (χ4v) is 13.0. The summed E-state index contributed by atoms with van der Waals surface area (Å²) in [6.45, 7) is 12.4. The Hall–Kier alpha value is -2.96. The van der Waals surface area contributed by atoms with Gasteiger partial charge < -0.3 is 122 Å². The zero-order valence-electron chi connectivity index (χ0n) is 58.3. The Balaban J connectivity index is 1.36. The number of carbonyl (C=O) groups excluding carboxylic acids is 4. The number of aliphatic hydroxyl groups excluding tert-OH is 11. The van der Waals surface area contributed by atoms with E-state index in [0.29, 0.717) is 38.5 Å². The van der Waals surface area contributed by atoms with Crippen molar-refractivity contribution in [2.75, 3.05) is 13.2 Å². The molecule has 0 bridgehead atoms. The first-order chi connectivity index (χ1) is 46.3. The summed E-state index contributed by atoms with van der Waals surface area (Å²) in [5.74, 6) is -6.01. The Morgan fingerprint density at radius 1 is 0.454 bits per heavy atom. The molecular formula is C68H118O29. The van der Waals surface area contributed by atoms with Crippen LogP contribution in [0.1, 0.15) is 210 Å². The van der Waals surface area contributed by atoms with Crippen molar-refractivity contribution in [3.05, 3.63) is 0 Å². The van der Waals surface area contributed by atoms with Gasteiger partial charge in [-0.05, 0) is 74.1 Å². The van der Waals surface area contributed by atoms with Crippen molar-refractivity contribution in [3.8, 4) is 0 Å². The van der Waals surface area contributed by atoms with E-state index in [1.165, 1.54) is 48.5 Å². The zero-order valence-corrected chi connectivity index (χ0v) is 58.3. The largest absolute Gasteiger partial charge is 0.455 e. The molecule has 6 aliphatic rings. The minimum atomic E-state index is -2.09. The summed E-state index contributed by atoms with van der Waals surface area (Å²) in [6.07, 6.45) is -27.9. The van der Waals surface area contributed by atoms with Crippen molar-refractivity contribution in [3.63, 3.8) is 0 Å². The van der Waals surface area contributed by atoms with Crippen LogP contribution < -0.4 is 0 Å². The van der Waals surface area contributed by atoms with Gasteiger partial charge in [-0.15, -0.1) is 0 Å². The Morgan fingerprint density at radius 2 is 0.938 bits per heavy atom. The summed E-state index contributed by atoms with van der Waals surface area (Å²) in [5.41, 5.74) is 0. The lowest BCUT2D eigenvalue weighted by molar-refractivity contribution is -0.396. The number of fused-ring (bicyclic) bond motifs is 2. The number of hydrogen-bond donors (Lipinski definition) is 11. The van der Waals surface area contributed by atoms with Crippen molar-refractivity contribution in [2.45, 2.75) is 382 Å². The van der Waals surface area contributed by atoms with Crippen LogP contribution in [-0.2, 0) is 85.5 Å². The van der Waals surface area contributed by atoms with Crippen molar-refractivity contribution in [1.82, 2.24) is 0 Å². The average Bonchev–Trinajstić information content (AvgIpc) is 0.763. The monoisotopic (exact) mass is 1400 g/mol. The van der Waals surface area contributed by atoms with Crippen LogP contribution in [0, 0.1) is 11.8 Å². The summed E-state index contributed by atoms with van der Waals surface area (Å²) in [7, 11) is 0. The van der Waals surface area contributed by atoms with E-state index in [2.05, 4.69) is 13.8 Å². The van der Waals surface area contributed by atoms with E-state index in [9.17, 15) is 75.3 Å². The molecule has 11 N–H and O–H groups in total. The molecule has 564 valence electrons. The molecule has 6 saturated heterocycles. The van der Waals surface area contributed by atoms with Crippen LogP contribution in [0.4, 0.5) is 0 Å². The highest BCUT2D eigenvalue weighted by molar-refractivity contribution is 5.74. The van der Waals surface area contributed by atoms with E-state index in [4.69, 9.17) is 66.3 Å². The van der Waals surface area contributed by atoms with Gasteiger partial charge in [0.1, 0.15) is 73.2 Å². The summed E-state index contributed by atoms with van der Waals surface area (Å²) < 4.78 is 87.9. The molecule has 0 radical (unpaired) electrons. The SMILES string of the molecule is CCCCCCCCCCCC(=O)OC1C(OC2C(C)OC3OC4C(OC(CCCCC)CCCCCCCCCC(=O)OC3C2O)OC(CO)C(O)C4O)OC(C)C(OC2OC(C)C(OC(=O)C(C)C(C)O)C(OC(=O)C(C)C(C)O)C2OC2OC(CO)C(O)C(O)C2O)C1O. The molecule has 0 aromatic carbocycles. The third-order valence-corrected chi connectivity index (χ3v) is 19.6. The third-order valence-electron chi connectivity index (χ3n) is 19.6. The van der Waals surface area contributed by atoms with E-state index in [1.807, 2.05) is 0 Å². The normalized spacial score (nSPS) is 39.5. The van der Waals surface area contributed by atoms with Crippen molar-refractivity contribution in [2.24, 2.45) is 11.8 Å². The lowest BCUT2D eigenvalue weighted by atomic mass is 9.95. The fourth-order valence-electron chi connectivity index (χ4n) is 13.0. The molecule has 0 aromatic rings. The minimum Gasteiger partial charge on any atom is -0.455 e. The maximum absolute atomic E-state index is 14.2. The first kappa shape index (κ1) is 83.0. The van der Waals surface area contributed by atoms with Gasteiger partial charge in [0, 0.05) is 12.8 Å². The summed E-state index contributed by atoms with van der Waals surface area (Å²) in [4.78, 5) is 55.8. The Morgan fingerprint density at radius 3 is 1.54 bits per heavy atom. The summed E-state index contributed by atoms with van der Waals surface area (Å²) in [5, 5.41) is 123. The second-order valence-corrected chi connectivity index (χ2v) is 27.5. The molecule has 29 nitrogen and oxygen atoms in total. The molecule has 30 atom stereocenters. The third kappa shape index (κ3) is 23.5. The van der Waals surface area contributed by atoms with Crippen molar-refractivity contribution >= 4 is 23.9 Å². The number of esters is 4.